The number of halogens is 1. The van der Waals surface area contributed by atoms with Gasteiger partial charge in [0.2, 0.25) is 0 Å². The summed E-state index contributed by atoms with van der Waals surface area (Å²) in [5.41, 5.74) is 7.64. The zero-order valence-corrected chi connectivity index (χ0v) is 8.84. The van der Waals surface area contributed by atoms with Crippen molar-refractivity contribution in [2.75, 3.05) is 5.73 Å². The van der Waals surface area contributed by atoms with Gasteiger partial charge in [-0.25, -0.2) is 14.4 Å². The van der Waals surface area contributed by atoms with Crippen LogP contribution in [0, 0.1) is 5.82 Å². The molecule has 0 bridgehead atoms. The van der Waals surface area contributed by atoms with Gasteiger partial charge in [0.05, 0.1) is 5.69 Å². The van der Waals surface area contributed by atoms with Gasteiger partial charge in [-0.05, 0) is 30.3 Å². The smallest absolute Gasteiger partial charge is 0.164 e. The van der Waals surface area contributed by atoms with E-state index in [1.165, 1.54) is 6.07 Å². The van der Waals surface area contributed by atoms with Gasteiger partial charge in [-0.15, -0.1) is 0 Å². The zero-order chi connectivity index (χ0) is 11.8. The Morgan fingerprint density at radius 1 is 1.18 bits per heavy atom. The van der Waals surface area contributed by atoms with Gasteiger partial charge in [-0.1, -0.05) is 0 Å². The second-order valence-corrected chi connectivity index (χ2v) is 3.67. The van der Waals surface area contributed by atoms with Crippen LogP contribution in [0.2, 0.25) is 0 Å². The molecule has 0 saturated heterocycles. The topological polar surface area (TPSA) is 56.7 Å². The van der Waals surface area contributed by atoms with Gasteiger partial charge in [0, 0.05) is 11.9 Å². The fourth-order valence-corrected chi connectivity index (χ4v) is 1.74. The van der Waals surface area contributed by atoms with Crippen molar-refractivity contribution in [1.29, 1.82) is 0 Å². The summed E-state index contributed by atoms with van der Waals surface area (Å²) >= 11 is 0. The van der Waals surface area contributed by atoms with E-state index in [1.54, 1.807) is 35.3 Å². The first-order valence-corrected chi connectivity index (χ1v) is 5.09. The quantitative estimate of drug-likeness (QED) is 0.649. The Morgan fingerprint density at radius 2 is 2.06 bits per heavy atom. The molecule has 0 unspecified atom stereocenters. The van der Waals surface area contributed by atoms with Crippen molar-refractivity contribution in [3.8, 4) is 5.69 Å². The predicted molar refractivity (Wildman–Crippen MR) is 63.2 cm³/mol. The van der Waals surface area contributed by atoms with Gasteiger partial charge in [0.1, 0.15) is 17.7 Å². The van der Waals surface area contributed by atoms with Crippen LogP contribution in [0.5, 0.6) is 0 Å². The molecule has 5 heteroatoms. The number of imidazole rings is 1. The molecule has 3 aromatic rings. The standard InChI is InChI=1S/C12H9FN4/c13-9-6-8(14)3-4-11(9)17-7-16-10-2-1-5-15-12(10)17/h1-7H,14H2. The van der Waals surface area contributed by atoms with Crippen LogP contribution in [0.1, 0.15) is 0 Å². The summed E-state index contributed by atoms with van der Waals surface area (Å²) in [6, 6.07) is 8.16. The summed E-state index contributed by atoms with van der Waals surface area (Å²) < 4.78 is 15.4. The molecule has 84 valence electrons. The molecule has 0 atom stereocenters. The second-order valence-electron chi connectivity index (χ2n) is 3.67. The lowest BCUT2D eigenvalue weighted by molar-refractivity contribution is 0.619. The zero-order valence-electron chi connectivity index (χ0n) is 8.84. The molecule has 2 heterocycles. The molecular formula is C12H9FN4. The molecule has 0 saturated carbocycles. The van der Waals surface area contributed by atoms with Crippen LogP contribution in [-0.2, 0) is 0 Å². The monoisotopic (exact) mass is 228 g/mol. The van der Waals surface area contributed by atoms with Gasteiger partial charge in [-0.2, -0.15) is 0 Å². The maximum absolute atomic E-state index is 13.8. The molecule has 4 nitrogen and oxygen atoms in total. The van der Waals surface area contributed by atoms with Crippen LogP contribution in [0.4, 0.5) is 10.1 Å². The number of nitrogen functional groups attached to an aromatic ring is 1. The van der Waals surface area contributed by atoms with Crippen molar-refractivity contribution >= 4 is 16.9 Å². The minimum absolute atomic E-state index is 0.389. The fourth-order valence-electron chi connectivity index (χ4n) is 1.74. The highest BCUT2D eigenvalue weighted by Crippen LogP contribution is 2.20. The molecule has 0 aliphatic rings. The number of rotatable bonds is 1. The first-order chi connectivity index (χ1) is 8.25. The van der Waals surface area contributed by atoms with Crippen LogP contribution in [0.15, 0.2) is 42.9 Å². The molecule has 0 fully saturated rings. The highest BCUT2D eigenvalue weighted by molar-refractivity contribution is 5.72. The van der Waals surface area contributed by atoms with Gasteiger partial charge < -0.3 is 5.73 Å². The number of nitrogens with zero attached hydrogens (tertiary/aromatic N) is 3. The van der Waals surface area contributed by atoms with Crippen molar-refractivity contribution in [3.63, 3.8) is 0 Å². The van der Waals surface area contributed by atoms with Crippen LogP contribution >= 0.6 is 0 Å². The molecule has 0 radical (unpaired) electrons. The maximum Gasteiger partial charge on any atom is 0.164 e. The van der Waals surface area contributed by atoms with Crippen molar-refractivity contribution in [2.24, 2.45) is 0 Å². The van der Waals surface area contributed by atoms with Crippen molar-refractivity contribution in [2.45, 2.75) is 0 Å². The molecule has 1 aromatic carbocycles. The number of hydrogen-bond donors (Lipinski definition) is 1. The number of fused-ring (bicyclic) bond motifs is 1. The van der Waals surface area contributed by atoms with E-state index >= 15 is 0 Å². The Kier molecular flexibility index (Phi) is 2.04. The largest absolute Gasteiger partial charge is 0.399 e. The summed E-state index contributed by atoms with van der Waals surface area (Å²) in [5, 5.41) is 0. The number of benzene rings is 1. The summed E-state index contributed by atoms with van der Waals surface area (Å²) in [7, 11) is 0. The third-order valence-corrected chi connectivity index (χ3v) is 2.54. The van der Waals surface area contributed by atoms with E-state index in [0.717, 1.165) is 5.52 Å². The minimum Gasteiger partial charge on any atom is -0.399 e. The maximum atomic E-state index is 13.8. The van der Waals surface area contributed by atoms with E-state index in [-0.39, 0.29) is 0 Å². The highest BCUT2D eigenvalue weighted by Gasteiger charge is 2.09. The number of nitrogens with two attached hydrogens (primary N) is 1. The van der Waals surface area contributed by atoms with Gasteiger partial charge in [-0.3, -0.25) is 4.57 Å². The molecular weight excluding hydrogens is 219 g/mol. The number of aromatic nitrogens is 3. The number of anilines is 1. The van der Waals surface area contributed by atoms with Gasteiger partial charge >= 0.3 is 0 Å². The molecule has 2 N–H and O–H groups in total. The van der Waals surface area contributed by atoms with E-state index in [0.29, 0.717) is 17.0 Å². The van der Waals surface area contributed by atoms with Crippen LogP contribution < -0.4 is 5.73 Å². The normalized spacial score (nSPS) is 10.9. The molecule has 3 rings (SSSR count). The van der Waals surface area contributed by atoms with Crippen LogP contribution in [-0.4, -0.2) is 14.5 Å². The van der Waals surface area contributed by atoms with E-state index in [4.69, 9.17) is 5.73 Å². The van der Waals surface area contributed by atoms with Crippen molar-refractivity contribution in [1.82, 2.24) is 14.5 Å². The number of pyridine rings is 1. The first-order valence-electron chi connectivity index (χ1n) is 5.09. The summed E-state index contributed by atoms with van der Waals surface area (Å²) in [6.45, 7) is 0. The van der Waals surface area contributed by atoms with E-state index in [9.17, 15) is 4.39 Å². The molecule has 0 aliphatic carbocycles. The second kappa shape index (κ2) is 3.55. The lowest BCUT2D eigenvalue weighted by Gasteiger charge is -2.05. The molecule has 0 spiro atoms. The Bertz CT molecular complexity index is 690. The lowest BCUT2D eigenvalue weighted by Crippen LogP contribution is -1.98. The molecule has 0 aliphatic heterocycles. The summed E-state index contributed by atoms with van der Waals surface area (Å²) in [6.07, 6.45) is 3.20. The third kappa shape index (κ3) is 1.52. The molecule has 0 amide bonds. The van der Waals surface area contributed by atoms with Crippen molar-refractivity contribution in [3.05, 3.63) is 48.7 Å². The highest BCUT2D eigenvalue weighted by atomic mass is 19.1. The Hall–Kier alpha value is -2.43. The van der Waals surface area contributed by atoms with E-state index in [2.05, 4.69) is 9.97 Å². The van der Waals surface area contributed by atoms with E-state index < -0.39 is 5.82 Å². The Balaban J connectivity index is 2.27. The lowest BCUT2D eigenvalue weighted by atomic mass is 10.2. The van der Waals surface area contributed by atoms with E-state index in [1.807, 2.05) is 6.07 Å². The predicted octanol–water partition coefficient (Wildman–Crippen LogP) is 2.14. The third-order valence-electron chi connectivity index (χ3n) is 2.54. The van der Waals surface area contributed by atoms with Crippen LogP contribution in [0.3, 0.4) is 0 Å². The molecule has 17 heavy (non-hydrogen) atoms. The fraction of sp³-hybridized carbons (Fsp3) is 0. The van der Waals surface area contributed by atoms with Crippen molar-refractivity contribution < 1.29 is 4.39 Å². The average Bonchev–Trinajstić information content (AvgIpc) is 2.73. The first kappa shape index (κ1) is 9.77. The average molecular weight is 228 g/mol. The molecule has 2 aromatic heterocycles. The number of hydrogen-bond acceptors (Lipinski definition) is 3. The van der Waals surface area contributed by atoms with Gasteiger partial charge in [0.25, 0.3) is 0 Å². The summed E-state index contributed by atoms with van der Waals surface area (Å²) in [5.74, 6) is -0.394. The Labute approximate surface area is 96.5 Å². The van der Waals surface area contributed by atoms with Crippen LogP contribution in [0.25, 0.3) is 16.9 Å². The summed E-state index contributed by atoms with van der Waals surface area (Å²) in [4.78, 5) is 8.34. The SMILES string of the molecule is Nc1ccc(-n2cnc3cccnc32)c(F)c1. The minimum atomic E-state index is -0.394. The Morgan fingerprint density at radius 3 is 2.88 bits per heavy atom. The van der Waals surface area contributed by atoms with Gasteiger partial charge in [0.15, 0.2) is 5.65 Å².